The largest absolute Gasteiger partial charge is 0.497 e. The number of hydrogen-bond donors (Lipinski definition) is 0. The Balaban J connectivity index is 2.17. The second-order valence-corrected chi connectivity index (χ2v) is 3.72. The van der Waals surface area contributed by atoms with Crippen LogP contribution in [0.3, 0.4) is 0 Å². The fraction of sp³-hybridized carbons (Fsp3) is 0.143. The number of azo groups is 1. The summed E-state index contributed by atoms with van der Waals surface area (Å²) >= 11 is 0. The zero-order chi connectivity index (χ0) is 13.7. The van der Waals surface area contributed by atoms with E-state index in [1.54, 1.807) is 37.4 Å². The number of halogens is 1. The van der Waals surface area contributed by atoms with Gasteiger partial charge in [-0.05, 0) is 36.4 Å². The van der Waals surface area contributed by atoms with Crippen molar-refractivity contribution in [1.29, 1.82) is 0 Å². The third-order valence-electron chi connectivity index (χ3n) is 2.50. The number of methoxy groups -OCH3 is 2. The molecule has 0 aliphatic heterocycles. The monoisotopic (exact) mass is 260 g/mol. The van der Waals surface area contributed by atoms with Gasteiger partial charge in [0.05, 0.1) is 19.9 Å². The van der Waals surface area contributed by atoms with Crippen LogP contribution in [0.25, 0.3) is 0 Å². The smallest absolute Gasteiger partial charge is 0.154 e. The van der Waals surface area contributed by atoms with E-state index in [0.717, 1.165) is 5.75 Å². The van der Waals surface area contributed by atoms with E-state index < -0.39 is 5.82 Å². The van der Waals surface area contributed by atoms with Gasteiger partial charge in [0.1, 0.15) is 17.2 Å². The van der Waals surface area contributed by atoms with Crippen LogP contribution in [0.1, 0.15) is 0 Å². The van der Waals surface area contributed by atoms with Crippen molar-refractivity contribution in [2.24, 2.45) is 10.2 Å². The van der Waals surface area contributed by atoms with E-state index in [0.29, 0.717) is 11.4 Å². The predicted octanol–water partition coefficient (Wildman–Crippen LogP) is 4.26. The van der Waals surface area contributed by atoms with E-state index in [1.165, 1.54) is 19.2 Å². The molecule has 0 fully saturated rings. The zero-order valence-corrected chi connectivity index (χ0v) is 10.6. The predicted molar refractivity (Wildman–Crippen MR) is 70.1 cm³/mol. The molecular weight excluding hydrogens is 247 g/mol. The van der Waals surface area contributed by atoms with E-state index in [-0.39, 0.29) is 5.69 Å². The summed E-state index contributed by atoms with van der Waals surface area (Å²) in [5, 5.41) is 7.82. The van der Waals surface area contributed by atoms with Gasteiger partial charge >= 0.3 is 0 Å². The van der Waals surface area contributed by atoms with Crippen molar-refractivity contribution in [2.45, 2.75) is 0 Å². The lowest BCUT2D eigenvalue weighted by molar-refractivity contribution is 0.411. The van der Waals surface area contributed by atoms with E-state index >= 15 is 0 Å². The fourth-order valence-electron chi connectivity index (χ4n) is 1.46. The molecule has 0 heterocycles. The second-order valence-electron chi connectivity index (χ2n) is 3.72. The lowest BCUT2D eigenvalue weighted by Gasteiger charge is -2.01. The summed E-state index contributed by atoms with van der Waals surface area (Å²) in [6.07, 6.45) is 0. The molecule has 0 saturated heterocycles. The Hall–Kier alpha value is -2.43. The summed E-state index contributed by atoms with van der Waals surface area (Å²) in [5.74, 6) is 0.701. The minimum Gasteiger partial charge on any atom is -0.497 e. The average molecular weight is 260 g/mol. The van der Waals surface area contributed by atoms with Crippen LogP contribution in [0.15, 0.2) is 52.7 Å². The topological polar surface area (TPSA) is 43.2 Å². The van der Waals surface area contributed by atoms with Crippen LogP contribution in [-0.4, -0.2) is 14.2 Å². The molecular formula is C14H13FN2O2. The summed E-state index contributed by atoms with van der Waals surface area (Å²) < 4.78 is 23.5. The van der Waals surface area contributed by atoms with Crippen molar-refractivity contribution in [3.8, 4) is 11.5 Å². The molecule has 0 aromatic heterocycles. The Kier molecular flexibility index (Phi) is 4.07. The zero-order valence-electron chi connectivity index (χ0n) is 10.6. The fourth-order valence-corrected chi connectivity index (χ4v) is 1.46. The van der Waals surface area contributed by atoms with Crippen LogP contribution in [0, 0.1) is 5.82 Å². The Morgan fingerprint density at radius 2 is 1.47 bits per heavy atom. The van der Waals surface area contributed by atoms with Gasteiger partial charge in [-0.2, -0.15) is 5.11 Å². The highest BCUT2D eigenvalue weighted by Crippen LogP contribution is 2.25. The van der Waals surface area contributed by atoms with Gasteiger partial charge in [0.15, 0.2) is 5.82 Å². The summed E-state index contributed by atoms with van der Waals surface area (Å²) in [6.45, 7) is 0. The molecule has 19 heavy (non-hydrogen) atoms. The summed E-state index contributed by atoms with van der Waals surface area (Å²) in [5.41, 5.74) is 0.785. The van der Waals surface area contributed by atoms with Gasteiger partial charge in [-0.25, -0.2) is 4.39 Å². The van der Waals surface area contributed by atoms with Gasteiger partial charge in [0.25, 0.3) is 0 Å². The van der Waals surface area contributed by atoms with Crippen molar-refractivity contribution >= 4 is 11.4 Å². The quantitative estimate of drug-likeness (QED) is 0.771. The van der Waals surface area contributed by atoms with Crippen molar-refractivity contribution in [3.05, 3.63) is 48.3 Å². The molecule has 2 aromatic carbocycles. The Labute approximate surface area is 110 Å². The highest BCUT2D eigenvalue weighted by atomic mass is 19.1. The molecule has 2 rings (SSSR count). The third-order valence-corrected chi connectivity index (χ3v) is 2.50. The molecule has 0 aliphatic rings. The first-order chi connectivity index (χ1) is 9.22. The highest BCUT2D eigenvalue weighted by molar-refractivity contribution is 5.45. The molecule has 0 N–H and O–H groups in total. The summed E-state index contributed by atoms with van der Waals surface area (Å²) in [4.78, 5) is 0. The third kappa shape index (κ3) is 3.28. The van der Waals surface area contributed by atoms with Gasteiger partial charge in [0.2, 0.25) is 0 Å². The lowest BCUT2D eigenvalue weighted by Crippen LogP contribution is -1.83. The van der Waals surface area contributed by atoms with Crippen LogP contribution in [0.4, 0.5) is 15.8 Å². The Morgan fingerprint density at radius 1 is 0.842 bits per heavy atom. The summed E-state index contributed by atoms with van der Waals surface area (Å²) in [6, 6.07) is 11.4. The SMILES string of the molecule is COc1ccc(N=Nc2ccc(OC)cc2F)cc1. The van der Waals surface area contributed by atoms with Gasteiger partial charge in [0, 0.05) is 6.07 Å². The second kappa shape index (κ2) is 5.95. The number of hydrogen-bond acceptors (Lipinski definition) is 4. The molecule has 5 heteroatoms. The molecule has 0 saturated carbocycles. The van der Waals surface area contributed by atoms with E-state index in [4.69, 9.17) is 9.47 Å². The first-order valence-corrected chi connectivity index (χ1v) is 5.62. The molecule has 0 unspecified atom stereocenters. The van der Waals surface area contributed by atoms with Crippen molar-refractivity contribution in [1.82, 2.24) is 0 Å². The minimum absolute atomic E-state index is 0.164. The van der Waals surface area contributed by atoms with Gasteiger partial charge < -0.3 is 9.47 Å². The first kappa shape index (κ1) is 13.0. The van der Waals surface area contributed by atoms with E-state index in [9.17, 15) is 4.39 Å². The van der Waals surface area contributed by atoms with Gasteiger partial charge in [-0.1, -0.05) is 0 Å². The molecule has 4 nitrogen and oxygen atoms in total. The number of benzene rings is 2. The number of ether oxygens (including phenoxy) is 2. The molecule has 0 spiro atoms. The highest BCUT2D eigenvalue weighted by Gasteiger charge is 2.02. The van der Waals surface area contributed by atoms with Gasteiger partial charge in [-0.3, -0.25) is 0 Å². The molecule has 0 aliphatic carbocycles. The van der Waals surface area contributed by atoms with Crippen LogP contribution < -0.4 is 9.47 Å². The van der Waals surface area contributed by atoms with Gasteiger partial charge in [-0.15, -0.1) is 5.11 Å². The Bertz CT molecular complexity index is 582. The summed E-state index contributed by atoms with van der Waals surface area (Å²) in [7, 11) is 3.07. The normalized spacial score (nSPS) is 10.7. The maximum atomic E-state index is 13.6. The van der Waals surface area contributed by atoms with E-state index in [1.807, 2.05) is 0 Å². The standard InChI is InChI=1S/C14H13FN2O2/c1-18-11-5-3-10(4-6-11)16-17-14-8-7-12(19-2)9-13(14)15/h3-9H,1-2H3. The minimum atomic E-state index is -0.475. The average Bonchev–Trinajstić information content (AvgIpc) is 2.46. The Morgan fingerprint density at radius 3 is 2.05 bits per heavy atom. The molecule has 0 bridgehead atoms. The number of nitrogens with zero attached hydrogens (tertiary/aromatic N) is 2. The van der Waals surface area contributed by atoms with E-state index in [2.05, 4.69) is 10.2 Å². The molecule has 0 radical (unpaired) electrons. The molecule has 0 atom stereocenters. The first-order valence-electron chi connectivity index (χ1n) is 5.62. The molecule has 2 aromatic rings. The molecule has 0 amide bonds. The lowest BCUT2D eigenvalue weighted by atomic mass is 10.3. The molecule has 98 valence electrons. The van der Waals surface area contributed by atoms with Crippen LogP contribution in [-0.2, 0) is 0 Å². The maximum Gasteiger partial charge on any atom is 0.154 e. The number of rotatable bonds is 4. The van der Waals surface area contributed by atoms with Crippen LogP contribution in [0.5, 0.6) is 11.5 Å². The van der Waals surface area contributed by atoms with Crippen LogP contribution in [0.2, 0.25) is 0 Å². The van der Waals surface area contributed by atoms with Crippen molar-refractivity contribution in [3.63, 3.8) is 0 Å². The van der Waals surface area contributed by atoms with Crippen molar-refractivity contribution in [2.75, 3.05) is 14.2 Å². The van der Waals surface area contributed by atoms with Crippen molar-refractivity contribution < 1.29 is 13.9 Å². The maximum absolute atomic E-state index is 13.6. The van der Waals surface area contributed by atoms with Crippen LogP contribution >= 0.6 is 0 Å².